The average molecular weight is 615 g/mol. The van der Waals surface area contributed by atoms with E-state index < -0.39 is 33.3 Å². The van der Waals surface area contributed by atoms with Crippen LogP contribution in [0.5, 0.6) is 0 Å². The number of sulfonamides is 1. The molecule has 0 aliphatic carbocycles. The second-order valence-corrected chi connectivity index (χ2v) is 12.4. The van der Waals surface area contributed by atoms with E-state index in [0.717, 1.165) is 37.9 Å². The lowest BCUT2D eigenvalue weighted by molar-refractivity contribution is -0.137. The minimum absolute atomic E-state index is 0. The number of aromatic nitrogens is 4. The van der Waals surface area contributed by atoms with Crippen LogP contribution in [0.1, 0.15) is 38.5 Å². The number of piperidine rings is 1. The molecule has 0 saturated carbocycles. The topological polar surface area (TPSA) is 108 Å². The molecule has 2 N–H and O–H groups in total. The highest BCUT2D eigenvalue weighted by Gasteiger charge is 2.37. The van der Waals surface area contributed by atoms with Crippen molar-refractivity contribution in [2.75, 3.05) is 56.7 Å². The van der Waals surface area contributed by atoms with Gasteiger partial charge >= 0.3 is 6.18 Å². The summed E-state index contributed by atoms with van der Waals surface area (Å²) in [7, 11) is 0.438. The third-order valence-corrected chi connectivity index (χ3v) is 8.44. The van der Waals surface area contributed by atoms with Crippen molar-refractivity contribution >= 4 is 21.7 Å². The second kappa shape index (κ2) is 12.9. The maximum atomic E-state index is 15.1. The molecule has 0 spiro atoms. The number of alkyl halides is 3. The summed E-state index contributed by atoms with van der Waals surface area (Å²) in [6.45, 7) is 3.87. The van der Waals surface area contributed by atoms with Gasteiger partial charge < -0.3 is 20.1 Å². The molecule has 42 heavy (non-hydrogen) atoms. The Morgan fingerprint density at radius 1 is 1.05 bits per heavy atom. The van der Waals surface area contributed by atoms with Crippen LogP contribution in [0.3, 0.4) is 0 Å². The molecule has 0 atom stereocenters. The van der Waals surface area contributed by atoms with Crippen LogP contribution in [0.25, 0.3) is 17.1 Å². The largest absolute Gasteiger partial charge is 0.420 e. The summed E-state index contributed by atoms with van der Waals surface area (Å²) in [5, 5.41) is 5.78. The molecule has 4 heterocycles. The zero-order chi connectivity index (χ0) is 30.7. The van der Waals surface area contributed by atoms with Crippen LogP contribution in [-0.4, -0.2) is 84.8 Å². The third-order valence-electron chi connectivity index (χ3n) is 7.14. The molecular formula is C27H38F4N8O2S. The monoisotopic (exact) mass is 614 g/mol. The van der Waals surface area contributed by atoms with Crippen molar-refractivity contribution in [1.29, 1.82) is 0 Å². The van der Waals surface area contributed by atoms with Crippen molar-refractivity contribution in [3.05, 3.63) is 47.8 Å². The first-order valence-electron chi connectivity index (χ1n) is 13.7. The highest BCUT2D eigenvalue weighted by atomic mass is 32.2. The molecule has 2 fully saturated rings. The van der Waals surface area contributed by atoms with E-state index in [2.05, 4.69) is 30.5 Å². The molecular weight excluding hydrogens is 576 g/mol. The van der Waals surface area contributed by atoms with E-state index in [0.29, 0.717) is 24.9 Å². The Bertz CT molecular complexity index is 1490. The Balaban J connectivity index is 0.00000121. The third kappa shape index (κ3) is 7.36. The predicted molar refractivity (Wildman–Crippen MR) is 156 cm³/mol. The summed E-state index contributed by atoms with van der Waals surface area (Å²) in [6.07, 6.45) is 1.44. The number of rotatable bonds is 6. The van der Waals surface area contributed by atoms with Crippen LogP contribution in [0.2, 0.25) is 0 Å². The smallest absolute Gasteiger partial charge is 0.371 e. The molecule has 3 aromatic rings. The van der Waals surface area contributed by atoms with Crippen LogP contribution in [0, 0.1) is 12.7 Å². The molecule has 0 unspecified atom stereocenters. The maximum absolute atomic E-state index is 15.1. The Labute approximate surface area is 244 Å². The normalized spacial score (nSPS) is 16.8. The molecule has 232 valence electrons. The van der Waals surface area contributed by atoms with Gasteiger partial charge in [-0.3, -0.25) is 0 Å². The van der Waals surface area contributed by atoms with E-state index in [1.165, 1.54) is 21.1 Å². The van der Waals surface area contributed by atoms with Gasteiger partial charge in [-0.15, -0.1) is 0 Å². The van der Waals surface area contributed by atoms with Gasteiger partial charge in [-0.1, -0.05) is 0 Å². The van der Waals surface area contributed by atoms with E-state index in [4.69, 9.17) is 0 Å². The molecule has 1 aromatic carbocycles. The quantitative estimate of drug-likeness (QED) is 0.396. The summed E-state index contributed by atoms with van der Waals surface area (Å²) in [6, 6.07) is 4.62. The number of benzene rings is 1. The number of hydrogen-bond donors (Lipinski definition) is 2. The fourth-order valence-corrected chi connectivity index (χ4v) is 5.94. The molecule has 2 saturated heterocycles. The molecule has 5 rings (SSSR count). The van der Waals surface area contributed by atoms with Gasteiger partial charge in [0.2, 0.25) is 16.0 Å². The lowest BCUT2D eigenvalue weighted by Gasteiger charge is -2.30. The Morgan fingerprint density at radius 3 is 2.26 bits per heavy atom. The van der Waals surface area contributed by atoms with Gasteiger partial charge in [-0.2, -0.15) is 13.2 Å². The molecule has 10 nitrogen and oxygen atoms in total. The summed E-state index contributed by atoms with van der Waals surface area (Å²) >= 11 is 0. The minimum atomic E-state index is -4.74. The average Bonchev–Trinajstić information content (AvgIpc) is 3.59. The number of anilines is 2. The van der Waals surface area contributed by atoms with E-state index in [1.54, 1.807) is 19.1 Å². The molecule has 15 heteroatoms. The molecule has 0 radical (unpaired) electrons. The lowest BCUT2D eigenvalue weighted by atomic mass is 10.1. The van der Waals surface area contributed by atoms with Crippen molar-refractivity contribution in [1.82, 2.24) is 29.1 Å². The standard InChI is InChI=1S/C25H29F4N7O2S.C2H7N.H2/c1-16-31-21(15-36(16)22-6-5-18(13-20(22)26)34-9-3-4-10-34)23-19(25(27,28)29)14-30-24(33-23)32-17-7-11-35(12-8-17)39(2,37)38;1-3-2;/h5-6,13-15,17H,3-4,7-12H2,1-2H3,(H,30,32,33);3H,1-2H3;1H. The fourth-order valence-electron chi connectivity index (χ4n) is 5.06. The van der Waals surface area contributed by atoms with E-state index in [9.17, 15) is 21.6 Å². The molecule has 2 aliphatic heterocycles. The molecule has 2 aromatic heterocycles. The van der Waals surface area contributed by atoms with Gasteiger partial charge in [0, 0.05) is 51.7 Å². The fraction of sp³-hybridized carbons (Fsp3) is 0.519. The van der Waals surface area contributed by atoms with Gasteiger partial charge in [-0.05, 0) is 64.9 Å². The summed E-state index contributed by atoms with van der Waals surface area (Å²) < 4.78 is 83.1. The number of hydrogen-bond acceptors (Lipinski definition) is 8. The SMILES string of the molecule is CNC.Cc1nc(-c2nc(NC3CCN(S(C)(=O)=O)CC3)ncc2C(F)(F)F)cn1-c1ccc(N2CCCC2)cc1F.[HH]. The van der Waals surface area contributed by atoms with Crippen LogP contribution < -0.4 is 15.5 Å². The molecule has 2 aliphatic rings. The summed E-state index contributed by atoms with van der Waals surface area (Å²) in [5.74, 6) is -0.232. The predicted octanol–water partition coefficient (Wildman–Crippen LogP) is 4.31. The highest BCUT2D eigenvalue weighted by molar-refractivity contribution is 7.88. The van der Waals surface area contributed by atoms with Gasteiger partial charge in [0.05, 0.1) is 11.9 Å². The number of imidazole rings is 1. The van der Waals surface area contributed by atoms with Gasteiger partial charge in [0.25, 0.3) is 0 Å². The number of nitrogens with zero attached hydrogens (tertiary/aromatic N) is 6. The summed E-state index contributed by atoms with van der Waals surface area (Å²) in [4.78, 5) is 14.4. The van der Waals surface area contributed by atoms with E-state index in [-0.39, 0.29) is 37.9 Å². The number of aryl methyl sites for hydroxylation is 1. The van der Waals surface area contributed by atoms with Crippen LogP contribution in [-0.2, 0) is 16.2 Å². The van der Waals surface area contributed by atoms with Crippen LogP contribution in [0.4, 0.5) is 29.2 Å². The Hall–Kier alpha value is -3.30. The van der Waals surface area contributed by atoms with Crippen molar-refractivity contribution in [3.8, 4) is 17.1 Å². The van der Waals surface area contributed by atoms with Crippen LogP contribution in [0.15, 0.2) is 30.6 Å². The second-order valence-electron chi connectivity index (χ2n) is 10.4. The van der Waals surface area contributed by atoms with E-state index in [1.807, 2.05) is 14.1 Å². The molecule has 0 bridgehead atoms. The zero-order valence-electron chi connectivity index (χ0n) is 24.0. The van der Waals surface area contributed by atoms with Gasteiger partial charge in [0.1, 0.15) is 28.6 Å². The van der Waals surface area contributed by atoms with Crippen LogP contribution >= 0.6 is 0 Å². The minimum Gasteiger partial charge on any atom is -0.371 e. The first kappa shape index (κ1) is 31.6. The van der Waals surface area contributed by atoms with Gasteiger partial charge in [-0.25, -0.2) is 32.1 Å². The first-order chi connectivity index (χ1) is 19.8. The first-order valence-corrected chi connectivity index (χ1v) is 15.5. The number of halogens is 4. The van der Waals surface area contributed by atoms with Crippen molar-refractivity contribution in [2.45, 2.75) is 44.8 Å². The Morgan fingerprint density at radius 2 is 1.69 bits per heavy atom. The maximum Gasteiger partial charge on any atom is 0.420 e. The van der Waals surface area contributed by atoms with Crippen molar-refractivity contribution in [2.24, 2.45) is 0 Å². The van der Waals surface area contributed by atoms with E-state index >= 15 is 4.39 Å². The Kier molecular flexibility index (Phi) is 9.73. The zero-order valence-corrected chi connectivity index (χ0v) is 24.9. The number of nitrogens with one attached hydrogen (secondary N) is 2. The van der Waals surface area contributed by atoms with Gasteiger partial charge in [0.15, 0.2) is 0 Å². The molecule has 0 amide bonds. The lowest BCUT2D eigenvalue weighted by Crippen LogP contribution is -2.42. The summed E-state index contributed by atoms with van der Waals surface area (Å²) in [5.41, 5.74) is -0.619. The van der Waals surface area contributed by atoms with Crippen molar-refractivity contribution in [3.63, 3.8) is 0 Å². The highest BCUT2D eigenvalue weighted by Crippen LogP contribution is 2.36. The van der Waals surface area contributed by atoms with Crippen molar-refractivity contribution < 1.29 is 27.4 Å².